The van der Waals surface area contributed by atoms with Gasteiger partial charge in [0.15, 0.2) is 0 Å². The van der Waals surface area contributed by atoms with Gasteiger partial charge in [-0.25, -0.2) is 0 Å². The van der Waals surface area contributed by atoms with Gasteiger partial charge in [-0.05, 0) is 39.3 Å². The molecule has 0 nitrogen and oxygen atoms in total. The maximum absolute atomic E-state index is 3.51. The van der Waals surface area contributed by atoms with Gasteiger partial charge in [-0.1, -0.05) is 196 Å². The molecule has 0 saturated heterocycles. The molecule has 0 N–H and O–H groups in total. The van der Waals surface area contributed by atoms with Crippen LogP contribution in [0.3, 0.4) is 0 Å². The van der Waals surface area contributed by atoms with E-state index in [-0.39, 0.29) is 5.92 Å². The molecular weight excluding hydrogens is 609 g/mol. The minimum Gasteiger partial charge on any atom is -0.121 e. The van der Waals surface area contributed by atoms with Crippen molar-refractivity contribution in [3.05, 3.63) is 215 Å². The molecule has 6 rings (SSSR count). The van der Waals surface area contributed by atoms with Crippen LogP contribution in [-0.4, -0.2) is 0 Å². The van der Waals surface area contributed by atoms with E-state index in [9.17, 15) is 0 Å². The summed E-state index contributed by atoms with van der Waals surface area (Å²) in [7, 11) is 10.5. The fourth-order valence-electron chi connectivity index (χ4n) is 8.37. The van der Waals surface area contributed by atoms with Gasteiger partial charge in [0.1, 0.15) is 0 Å². The zero-order valence-corrected chi connectivity index (χ0v) is 30.1. The molecule has 0 aromatic heterocycles. The number of benzene rings is 6. The Hall–Kier alpha value is -3.39. The van der Waals surface area contributed by atoms with Crippen molar-refractivity contribution < 1.29 is 0 Å². The first-order valence-electron chi connectivity index (χ1n) is 16.0. The molecule has 3 unspecified atom stereocenters. The van der Waals surface area contributed by atoms with Crippen LogP contribution in [0, 0.1) is 11.3 Å². The van der Waals surface area contributed by atoms with E-state index < -0.39 is 20.9 Å². The van der Waals surface area contributed by atoms with E-state index >= 15 is 0 Å². The third-order valence-electron chi connectivity index (χ3n) is 10.1. The molecule has 0 heterocycles. The van der Waals surface area contributed by atoms with Crippen LogP contribution in [0.4, 0.5) is 0 Å². The van der Waals surface area contributed by atoms with E-state index in [4.69, 9.17) is 0 Å². The van der Waals surface area contributed by atoms with Gasteiger partial charge in [0.2, 0.25) is 0 Å². The number of rotatable bonds is 10. The lowest BCUT2D eigenvalue weighted by Crippen LogP contribution is -2.66. The Balaban J connectivity index is 1.96. The predicted molar refractivity (Wildman–Crippen MR) is 207 cm³/mol. The van der Waals surface area contributed by atoms with Crippen LogP contribution >= 0.6 is 27.7 Å². The molecule has 3 atom stereocenters. The summed E-state index contributed by atoms with van der Waals surface area (Å²) in [6.45, 7) is 4.86. The molecule has 0 amide bonds. The Morgan fingerprint density at radius 2 is 0.457 bits per heavy atom. The van der Waals surface area contributed by atoms with Gasteiger partial charge in [-0.15, -0.1) is 27.7 Å². The van der Waals surface area contributed by atoms with E-state index in [2.05, 4.69) is 224 Å². The molecule has 0 aliphatic carbocycles. The molecule has 6 aromatic rings. The number of hydrogen-bond acceptors (Lipinski definition) is 0. The second-order valence-electron chi connectivity index (χ2n) is 12.6. The van der Waals surface area contributed by atoms with Crippen molar-refractivity contribution in [3.8, 4) is 0 Å². The molecule has 0 fully saturated rings. The van der Waals surface area contributed by atoms with Crippen molar-refractivity contribution in [2.75, 3.05) is 0 Å². The molecular formula is C43H43P3. The molecule has 0 radical (unpaired) electrons. The summed E-state index contributed by atoms with van der Waals surface area (Å²) in [5.41, 5.74) is 6.86. The topological polar surface area (TPSA) is 0 Å². The lowest BCUT2D eigenvalue weighted by molar-refractivity contribution is 0.0516. The first-order chi connectivity index (χ1) is 22.3. The molecule has 0 spiro atoms. The van der Waals surface area contributed by atoms with Crippen LogP contribution in [0.1, 0.15) is 47.2 Å². The summed E-state index contributed by atoms with van der Waals surface area (Å²) >= 11 is 0. The largest absolute Gasteiger partial charge is 0.121 e. The van der Waals surface area contributed by atoms with Crippen molar-refractivity contribution in [3.63, 3.8) is 0 Å². The summed E-state index contributed by atoms with van der Waals surface area (Å²) in [5, 5.41) is -1.86. The van der Waals surface area contributed by atoms with Crippen LogP contribution in [-0.2, 0) is 15.5 Å². The first-order valence-corrected chi connectivity index (χ1v) is 17.8. The Morgan fingerprint density at radius 3 is 0.587 bits per heavy atom. The Morgan fingerprint density at radius 1 is 0.304 bits per heavy atom. The molecule has 0 aliphatic heterocycles. The summed E-state index contributed by atoms with van der Waals surface area (Å²) in [4.78, 5) is 0. The van der Waals surface area contributed by atoms with Crippen LogP contribution < -0.4 is 0 Å². The highest BCUT2D eigenvalue weighted by Crippen LogP contribution is 2.77. The summed E-state index contributed by atoms with van der Waals surface area (Å²) < 4.78 is 0. The lowest BCUT2D eigenvalue weighted by Gasteiger charge is -2.68. The molecule has 46 heavy (non-hydrogen) atoms. The van der Waals surface area contributed by atoms with Crippen LogP contribution in [0.25, 0.3) is 0 Å². The summed E-state index contributed by atoms with van der Waals surface area (Å²) in [6.07, 6.45) is 0. The van der Waals surface area contributed by atoms with E-state index in [1.54, 1.807) is 0 Å². The van der Waals surface area contributed by atoms with Gasteiger partial charge in [-0.3, -0.25) is 0 Å². The average molecular weight is 653 g/mol. The fraction of sp³-hybridized carbons (Fsp3) is 0.163. The molecule has 6 aromatic carbocycles. The highest BCUT2D eigenvalue weighted by atomic mass is 31.0. The Labute approximate surface area is 282 Å². The predicted octanol–water partition coefficient (Wildman–Crippen LogP) is 11.1. The quantitative estimate of drug-likeness (QED) is 0.129. The minimum atomic E-state index is -0.624. The van der Waals surface area contributed by atoms with Crippen LogP contribution in [0.5, 0.6) is 0 Å². The van der Waals surface area contributed by atoms with Crippen LogP contribution in [0.15, 0.2) is 182 Å². The van der Waals surface area contributed by atoms with E-state index in [0.29, 0.717) is 0 Å². The first kappa shape index (κ1) is 32.5. The maximum Gasteiger partial charge on any atom is 0.0432 e. The zero-order chi connectivity index (χ0) is 32.3. The highest BCUT2D eigenvalue weighted by Gasteiger charge is 2.71. The van der Waals surface area contributed by atoms with Crippen molar-refractivity contribution >= 4 is 27.7 Å². The second kappa shape index (κ2) is 13.4. The molecule has 0 saturated carbocycles. The summed E-state index contributed by atoms with van der Waals surface area (Å²) in [5.74, 6) is 0.112. The van der Waals surface area contributed by atoms with Crippen molar-refractivity contribution in [1.82, 2.24) is 0 Å². The maximum atomic E-state index is 3.51. The third-order valence-corrected chi connectivity index (χ3v) is 13.5. The van der Waals surface area contributed by atoms with E-state index in [1.807, 2.05) is 0 Å². The third kappa shape index (κ3) is 4.94. The van der Waals surface area contributed by atoms with Gasteiger partial charge in [-0.2, -0.15) is 0 Å². The second-order valence-corrected chi connectivity index (χ2v) is 15.2. The van der Waals surface area contributed by atoms with Crippen molar-refractivity contribution in [2.45, 2.75) is 29.3 Å². The molecule has 0 aliphatic rings. The highest BCUT2D eigenvalue weighted by molar-refractivity contribution is 7.22. The van der Waals surface area contributed by atoms with Gasteiger partial charge >= 0.3 is 0 Å². The van der Waals surface area contributed by atoms with Crippen molar-refractivity contribution in [1.29, 1.82) is 0 Å². The lowest BCUT2D eigenvalue weighted by atomic mass is 9.45. The van der Waals surface area contributed by atoms with Crippen LogP contribution in [0.2, 0.25) is 0 Å². The van der Waals surface area contributed by atoms with Gasteiger partial charge in [0.05, 0.1) is 0 Å². The fourth-order valence-corrected chi connectivity index (χ4v) is 12.4. The molecule has 230 valence electrons. The zero-order valence-electron chi connectivity index (χ0n) is 26.6. The van der Waals surface area contributed by atoms with Gasteiger partial charge < -0.3 is 0 Å². The van der Waals surface area contributed by atoms with Gasteiger partial charge in [0.25, 0.3) is 0 Å². The monoisotopic (exact) mass is 652 g/mol. The average Bonchev–Trinajstić information content (AvgIpc) is 3.13. The Kier molecular flexibility index (Phi) is 9.47. The smallest absolute Gasteiger partial charge is 0.0432 e. The van der Waals surface area contributed by atoms with Crippen molar-refractivity contribution in [2.24, 2.45) is 11.3 Å². The Bertz CT molecular complexity index is 1490. The van der Waals surface area contributed by atoms with E-state index in [1.165, 1.54) is 33.4 Å². The normalized spacial score (nSPS) is 12.7. The van der Waals surface area contributed by atoms with E-state index in [0.717, 1.165) is 0 Å². The minimum absolute atomic E-state index is 0.112. The standard InChI is InChI=1S/C43H43P3/c1-33(2)43(40(44,34-21-9-3-10-22-34)35-23-11-4-12-24-35,41(45,36-25-13-5-14-26-36)37-27-15-6-16-28-37)42(46,38-29-17-7-18-30-38)39-31-19-8-20-32-39/h3-33H,44-46H2,1-2H3. The number of hydrogen-bond donors (Lipinski definition) is 0. The molecule has 0 bridgehead atoms. The molecule has 3 heteroatoms. The van der Waals surface area contributed by atoms with Gasteiger partial charge in [0, 0.05) is 20.9 Å². The SMILES string of the molecule is CC(C)C(C(P)(c1ccccc1)c1ccccc1)(C(P)(c1ccccc1)c1ccccc1)C(P)(c1ccccc1)c1ccccc1. The summed E-state index contributed by atoms with van der Waals surface area (Å²) in [6, 6.07) is 66.8.